The molecule has 6 heteroatoms. The van der Waals surface area contributed by atoms with E-state index in [2.05, 4.69) is 15.6 Å². The Balaban J connectivity index is 2.08. The van der Waals surface area contributed by atoms with E-state index in [9.17, 15) is 9.59 Å². The minimum absolute atomic E-state index is 0.199. The van der Waals surface area contributed by atoms with Gasteiger partial charge in [-0.1, -0.05) is 19.4 Å². The first-order valence-corrected chi connectivity index (χ1v) is 7.70. The number of rotatable bonds is 6. The van der Waals surface area contributed by atoms with Crippen LogP contribution in [0.2, 0.25) is 0 Å². The fourth-order valence-corrected chi connectivity index (χ4v) is 2.03. The lowest BCUT2D eigenvalue weighted by Gasteiger charge is -2.07. The van der Waals surface area contributed by atoms with Crippen LogP contribution in [0.1, 0.15) is 46.2 Å². The standard InChI is InChI=1S/C18H18N4O2/c1-2-3-8-21-18(24)16-11-14(7-9-20-16)17(23)22-15-6-4-5-13(10-15)12-19/h4-7,9-11H,2-3,8H2,1H3,(H,21,24)(H,22,23). The first-order chi connectivity index (χ1) is 11.6. The maximum Gasteiger partial charge on any atom is 0.269 e. The SMILES string of the molecule is CCCCNC(=O)c1cc(C(=O)Nc2cccc(C#N)c2)ccn1. The summed E-state index contributed by atoms with van der Waals surface area (Å²) in [5.41, 5.74) is 1.50. The second-order valence-electron chi connectivity index (χ2n) is 5.19. The van der Waals surface area contributed by atoms with Gasteiger partial charge in [0, 0.05) is 24.0 Å². The maximum absolute atomic E-state index is 12.3. The molecular formula is C18H18N4O2. The Kier molecular flexibility index (Phi) is 6.03. The summed E-state index contributed by atoms with van der Waals surface area (Å²) >= 11 is 0. The van der Waals surface area contributed by atoms with Crippen molar-refractivity contribution in [1.29, 1.82) is 5.26 Å². The number of anilines is 1. The van der Waals surface area contributed by atoms with Crippen LogP contribution in [0.5, 0.6) is 0 Å². The molecule has 2 aromatic rings. The molecule has 1 aromatic carbocycles. The molecule has 0 radical (unpaired) electrons. The second kappa shape index (κ2) is 8.44. The van der Waals surface area contributed by atoms with E-state index in [1.54, 1.807) is 24.3 Å². The fraction of sp³-hybridized carbons (Fsp3) is 0.222. The normalized spacial score (nSPS) is 9.83. The summed E-state index contributed by atoms with van der Waals surface area (Å²) in [5, 5.41) is 14.3. The topological polar surface area (TPSA) is 94.9 Å². The maximum atomic E-state index is 12.3. The van der Waals surface area contributed by atoms with E-state index in [0.29, 0.717) is 23.4 Å². The highest BCUT2D eigenvalue weighted by Crippen LogP contribution is 2.12. The Morgan fingerprint density at radius 1 is 1.21 bits per heavy atom. The summed E-state index contributed by atoms with van der Waals surface area (Å²) in [6.45, 7) is 2.62. The minimum Gasteiger partial charge on any atom is -0.351 e. The second-order valence-corrected chi connectivity index (χ2v) is 5.19. The molecule has 0 bridgehead atoms. The average Bonchev–Trinajstić information content (AvgIpc) is 2.62. The van der Waals surface area contributed by atoms with E-state index < -0.39 is 0 Å². The van der Waals surface area contributed by atoms with Gasteiger partial charge in [-0.05, 0) is 36.8 Å². The summed E-state index contributed by atoms with van der Waals surface area (Å²) < 4.78 is 0. The van der Waals surface area contributed by atoms with Gasteiger partial charge >= 0.3 is 0 Å². The molecule has 1 heterocycles. The van der Waals surface area contributed by atoms with Gasteiger partial charge in [0.05, 0.1) is 11.6 Å². The molecule has 0 fully saturated rings. The number of unbranched alkanes of at least 4 members (excludes halogenated alkanes) is 1. The van der Waals surface area contributed by atoms with Gasteiger partial charge in [-0.25, -0.2) is 0 Å². The molecule has 122 valence electrons. The molecule has 24 heavy (non-hydrogen) atoms. The Labute approximate surface area is 140 Å². The van der Waals surface area contributed by atoms with Gasteiger partial charge in [0.15, 0.2) is 0 Å². The zero-order valence-electron chi connectivity index (χ0n) is 13.4. The summed E-state index contributed by atoms with van der Waals surface area (Å²) in [6.07, 6.45) is 3.30. The number of nitriles is 1. The van der Waals surface area contributed by atoms with Crippen LogP contribution in [0.4, 0.5) is 5.69 Å². The van der Waals surface area contributed by atoms with Crippen molar-refractivity contribution in [3.63, 3.8) is 0 Å². The number of nitrogens with one attached hydrogen (secondary N) is 2. The number of pyridine rings is 1. The fourth-order valence-electron chi connectivity index (χ4n) is 2.03. The number of amides is 2. The molecule has 2 N–H and O–H groups in total. The minimum atomic E-state index is -0.366. The quantitative estimate of drug-likeness (QED) is 0.799. The van der Waals surface area contributed by atoms with E-state index in [-0.39, 0.29) is 17.5 Å². The molecule has 2 rings (SSSR count). The highest BCUT2D eigenvalue weighted by Gasteiger charge is 2.12. The van der Waals surface area contributed by atoms with E-state index in [0.717, 1.165) is 12.8 Å². The van der Waals surface area contributed by atoms with E-state index in [1.165, 1.54) is 18.3 Å². The smallest absolute Gasteiger partial charge is 0.269 e. The van der Waals surface area contributed by atoms with Gasteiger partial charge in [-0.15, -0.1) is 0 Å². The number of benzene rings is 1. The van der Waals surface area contributed by atoms with Crippen molar-refractivity contribution in [2.45, 2.75) is 19.8 Å². The summed E-state index contributed by atoms with van der Waals surface area (Å²) in [4.78, 5) is 28.3. The van der Waals surface area contributed by atoms with Gasteiger partial charge < -0.3 is 10.6 Å². The molecule has 6 nitrogen and oxygen atoms in total. The molecular weight excluding hydrogens is 304 g/mol. The van der Waals surface area contributed by atoms with Crippen molar-refractivity contribution < 1.29 is 9.59 Å². The predicted molar refractivity (Wildman–Crippen MR) is 90.6 cm³/mol. The molecule has 1 aromatic heterocycles. The largest absolute Gasteiger partial charge is 0.351 e. The number of hydrogen-bond donors (Lipinski definition) is 2. The van der Waals surface area contributed by atoms with Gasteiger partial charge in [0.1, 0.15) is 5.69 Å². The summed E-state index contributed by atoms with van der Waals surface area (Å²) in [6, 6.07) is 11.6. The van der Waals surface area contributed by atoms with Gasteiger partial charge in [-0.2, -0.15) is 5.26 Å². The van der Waals surface area contributed by atoms with E-state index in [1.807, 2.05) is 13.0 Å². The van der Waals surface area contributed by atoms with Crippen LogP contribution >= 0.6 is 0 Å². The molecule has 0 aliphatic rings. The van der Waals surface area contributed by atoms with Gasteiger partial charge in [0.25, 0.3) is 11.8 Å². The Morgan fingerprint density at radius 3 is 2.79 bits per heavy atom. The molecule has 0 atom stereocenters. The van der Waals surface area contributed by atoms with Crippen LogP contribution in [0.15, 0.2) is 42.6 Å². The molecule has 0 saturated heterocycles. The van der Waals surface area contributed by atoms with E-state index >= 15 is 0 Å². The summed E-state index contributed by atoms with van der Waals surface area (Å²) in [7, 11) is 0. The van der Waals surface area contributed by atoms with Gasteiger partial charge in [0.2, 0.25) is 0 Å². The zero-order valence-corrected chi connectivity index (χ0v) is 13.4. The van der Waals surface area contributed by atoms with Crippen molar-refractivity contribution in [2.75, 3.05) is 11.9 Å². The van der Waals surface area contributed by atoms with Crippen LogP contribution in [0.25, 0.3) is 0 Å². The lowest BCUT2D eigenvalue weighted by atomic mass is 10.2. The lowest BCUT2D eigenvalue weighted by molar-refractivity contribution is 0.0948. The molecule has 0 aliphatic heterocycles. The van der Waals surface area contributed by atoms with Crippen molar-refractivity contribution in [2.24, 2.45) is 0 Å². The third-order valence-electron chi connectivity index (χ3n) is 3.32. The number of hydrogen-bond acceptors (Lipinski definition) is 4. The highest BCUT2D eigenvalue weighted by atomic mass is 16.2. The van der Waals surface area contributed by atoms with Crippen LogP contribution in [0.3, 0.4) is 0 Å². The Morgan fingerprint density at radius 2 is 2.04 bits per heavy atom. The Hall–Kier alpha value is -3.20. The van der Waals surface area contributed by atoms with Crippen LogP contribution < -0.4 is 10.6 Å². The van der Waals surface area contributed by atoms with Crippen LogP contribution in [-0.4, -0.2) is 23.3 Å². The number of nitrogens with zero attached hydrogens (tertiary/aromatic N) is 2. The predicted octanol–water partition coefficient (Wildman–Crippen LogP) is 2.74. The third kappa shape index (κ3) is 4.65. The molecule has 0 unspecified atom stereocenters. The lowest BCUT2D eigenvalue weighted by Crippen LogP contribution is -2.25. The van der Waals surface area contributed by atoms with Crippen molar-refractivity contribution in [3.8, 4) is 6.07 Å². The zero-order chi connectivity index (χ0) is 17.4. The van der Waals surface area contributed by atoms with Crippen LogP contribution in [0, 0.1) is 11.3 Å². The van der Waals surface area contributed by atoms with Crippen molar-refractivity contribution in [1.82, 2.24) is 10.3 Å². The summed E-state index contributed by atoms with van der Waals surface area (Å²) in [5.74, 6) is -0.667. The molecule has 2 amide bonds. The third-order valence-corrected chi connectivity index (χ3v) is 3.32. The molecule has 0 spiro atoms. The van der Waals surface area contributed by atoms with Crippen molar-refractivity contribution in [3.05, 3.63) is 59.4 Å². The van der Waals surface area contributed by atoms with Crippen LogP contribution in [-0.2, 0) is 0 Å². The molecule has 0 aliphatic carbocycles. The first-order valence-electron chi connectivity index (χ1n) is 7.70. The number of carbonyl (C=O) groups is 2. The van der Waals surface area contributed by atoms with E-state index in [4.69, 9.17) is 5.26 Å². The highest BCUT2D eigenvalue weighted by molar-refractivity contribution is 6.05. The number of carbonyl (C=O) groups excluding carboxylic acids is 2. The molecule has 0 saturated carbocycles. The van der Waals surface area contributed by atoms with Gasteiger partial charge in [-0.3, -0.25) is 14.6 Å². The number of aromatic nitrogens is 1. The average molecular weight is 322 g/mol. The monoisotopic (exact) mass is 322 g/mol. The van der Waals surface area contributed by atoms with Crippen molar-refractivity contribution >= 4 is 17.5 Å². The first kappa shape index (κ1) is 17.2. The Bertz CT molecular complexity index is 781.